The quantitative estimate of drug-likeness (QED) is 0.384. The minimum absolute atomic E-state index is 0. The Hall–Kier alpha value is -1.79. The standard InChI is InChI=1S/C12H11NO.BF4/c1-2-5-10-12-11(14-12)8-6-3-4-7-9(8)13-10;2-1(3,4)5/h3-4,6-7H,2,5H2,1H3;/q;-1/p+1. The van der Waals surface area contributed by atoms with Crippen LogP contribution in [0, 0.1) is 0 Å². The summed E-state index contributed by atoms with van der Waals surface area (Å²) in [4.78, 5) is 4.59. The first-order chi connectivity index (χ1) is 8.90. The van der Waals surface area contributed by atoms with Gasteiger partial charge in [0.25, 0.3) is 0 Å². The summed E-state index contributed by atoms with van der Waals surface area (Å²) in [7, 11) is -6.00. The van der Waals surface area contributed by atoms with E-state index in [4.69, 9.17) is 4.74 Å². The molecule has 0 atom stereocenters. The van der Waals surface area contributed by atoms with E-state index in [9.17, 15) is 17.3 Å². The monoisotopic (exact) mass is 273 g/mol. The Balaban J connectivity index is 0.000000293. The molecule has 0 radical (unpaired) electrons. The SMILES string of the molecule is CCCc1nc2ccccc2c2c1O2.F[B-](F)(F)F.[H+]. The van der Waals surface area contributed by atoms with E-state index < -0.39 is 7.25 Å². The van der Waals surface area contributed by atoms with E-state index in [1.165, 1.54) is 0 Å². The lowest BCUT2D eigenvalue weighted by molar-refractivity contribution is 0.368. The predicted molar refractivity (Wildman–Crippen MR) is 67.1 cm³/mol. The van der Waals surface area contributed by atoms with E-state index in [1.807, 2.05) is 18.2 Å². The Labute approximate surface area is 109 Å². The molecule has 2 heterocycles. The molecular formula is C12H12BF4NO. The van der Waals surface area contributed by atoms with E-state index >= 15 is 0 Å². The minimum atomic E-state index is -6.00. The largest absolute Gasteiger partial charge is 1.00 e. The molecule has 0 bridgehead atoms. The molecule has 0 amide bonds. The van der Waals surface area contributed by atoms with Gasteiger partial charge in [-0.3, -0.25) is 0 Å². The number of ether oxygens (including phenoxy) is 1. The zero-order valence-electron chi connectivity index (χ0n) is 11.2. The predicted octanol–water partition coefficient (Wildman–Crippen LogP) is 4.71. The maximum absolute atomic E-state index is 9.75. The highest BCUT2D eigenvalue weighted by molar-refractivity contribution is 6.50. The molecule has 102 valence electrons. The summed E-state index contributed by atoms with van der Waals surface area (Å²) in [5.74, 6) is 2.06. The number of nitrogens with zero attached hydrogens (tertiary/aromatic N) is 1. The summed E-state index contributed by atoms with van der Waals surface area (Å²) < 4.78 is 44.5. The third-order valence-electron chi connectivity index (χ3n) is 2.52. The fourth-order valence-corrected chi connectivity index (χ4v) is 1.81. The van der Waals surface area contributed by atoms with E-state index in [2.05, 4.69) is 18.0 Å². The van der Waals surface area contributed by atoms with Gasteiger partial charge in [-0.2, -0.15) is 0 Å². The zero-order chi connectivity index (χ0) is 14.0. The molecule has 1 aromatic carbocycles. The molecule has 2 aromatic rings. The molecule has 0 aliphatic carbocycles. The van der Waals surface area contributed by atoms with Gasteiger partial charge in [-0.1, -0.05) is 25.5 Å². The van der Waals surface area contributed by atoms with Gasteiger partial charge in [0.2, 0.25) is 0 Å². The van der Waals surface area contributed by atoms with Gasteiger partial charge in [-0.25, -0.2) is 4.98 Å². The van der Waals surface area contributed by atoms with Crippen LogP contribution in [0.2, 0.25) is 0 Å². The van der Waals surface area contributed by atoms with Gasteiger partial charge in [-0.05, 0) is 18.6 Å². The van der Waals surface area contributed by atoms with Crippen LogP contribution >= 0.6 is 0 Å². The topological polar surface area (TPSA) is 25.4 Å². The van der Waals surface area contributed by atoms with Crippen molar-refractivity contribution in [2.75, 3.05) is 0 Å². The number of benzene rings is 1. The van der Waals surface area contributed by atoms with E-state index in [-0.39, 0.29) is 1.43 Å². The van der Waals surface area contributed by atoms with Crippen molar-refractivity contribution in [3.63, 3.8) is 0 Å². The van der Waals surface area contributed by atoms with Gasteiger partial charge in [0.1, 0.15) is 0 Å². The van der Waals surface area contributed by atoms with Gasteiger partial charge < -0.3 is 22.0 Å². The molecule has 0 spiro atoms. The lowest BCUT2D eigenvalue weighted by Gasteiger charge is -1.95. The molecular weight excluding hydrogens is 261 g/mol. The molecule has 3 rings (SSSR count). The third kappa shape index (κ3) is 3.59. The number of pyridine rings is 1. The Kier molecular flexibility index (Phi) is 3.64. The highest BCUT2D eigenvalue weighted by Crippen LogP contribution is 2.52. The number of aryl methyl sites for hydroxylation is 1. The molecule has 0 unspecified atom stereocenters. The highest BCUT2D eigenvalue weighted by atomic mass is 19.5. The molecule has 1 aliphatic rings. The number of para-hydroxylation sites is 1. The van der Waals surface area contributed by atoms with Crippen LogP contribution in [0.15, 0.2) is 24.3 Å². The van der Waals surface area contributed by atoms with Gasteiger partial charge in [0, 0.05) is 5.39 Å². The molecule has 19 heavy (non-hydrogen) atoms. The maximum atomic E-state index is 9.75. The van der Waals surface area contributed by atoms with Gasteiger partial charge in [0.05, 0.1) is 11.2 Å². The molecule has 0 saturated heterocycles. The fourth-order valence-electron chi connectivity index (χ4n) is 1.81. The van der Waals surface area contributed by atoms with Crippen LogP contribution in [-0.2, 0) is 6.42 Å². The Bertz CT molecular complexity index is 600. The number of hydrogen-bond donors (Lipinski definition) is 0. The van der Waals surface area contributed by atoms with Crippen LogP contribution in [0.1, 0.15) is 20.5 Å². The molecule has 0 fully saturated rings. The summed E-state index contributed by atoms with van der Waals surface area (Å²) in [6.07, 6.45) is 2.12. The zero-order valence-corrected chi connectivity index (χ0v) is 10.2. The Morgan fingerprint density at radius 1 is 1.16 bits per heavy atom. The van der Waals surface area contributed by atoms with Crippen molar-refractivity contribution in [2.45, 2.75) is 19.8 Å². The first kappa shape index (κ1) is 13.6. The van der Waals surface area contributed by atoms with Crippen molar-refractivity contribution in [3.8, 4) is 11.5 Å². The van der Waals surface area contributed by atoms with Gasteiger partial charge >= 0.3 is 8.68 Å². The molecule has 1 aromatic heterocycles. The maximum Gasteiger partial charge on any atom is 1.00 e. The smallest absolute Gasteiger partial charge is 0.447 e. The van der Waals surface area contributed by atoms with Crippen LogP contribution in [-0.4, -0.2) is 12.2 Å². The van der Waals surface area contributed by atoms with Crippen molar-refractivity contribution in [3.05, 3.63) is 30.0 Å². The van der Waals surface area contributed by atoms with Crippen molar-refractivity contribution in [1.82, 2.24) is 4.98 Å². The van der Waals surface area contributed by atoms with E-state index in [0.717, 1.165) is 40.9 Å². The van der Waals surface area contributed by atoms with E-state index in [1.54, 1.807) is 0 Å². The van der Waals surface area contributed by atoms with Crippen LogP contribution < -0.4 is 4.74 Å². The number of halogens is 4. The van der Waals surface area contributed by atoms with Crippen LogP contribution in [0.4, 0.5) is 17.3 Å². The molecule has 1 aliphatic heterocycles. The van der Waals surface area contributed by atoms with Crippen molar-refractivity contribution < 1.29 is 23.4 Å². The molecule has 7 heteroatoms. The summed E-state index contributed by atoms with van der Waals surface area (Å²) >= 11 is 0. The average Bonchev–Trinajstić information content (AvgIpc) is 3.07. The average molecular weight is 273 g/mol. The minimum Gasteiger partial charge on any atom is -0.447 e. The molecule has 0 saturated carbocycles. The summed E-state index contributed by atoms with van der Waals surface area (Å²) in [5.41, 5.74) is 2.16. The van der Waals surface area contributed by atoms with Gasteiger partial charge in [-0.15, -0.1) is 0 Å². The second kappa shape index (κ2) is 5.07. The first-order valence-corrected chi connectivity index (χ1v) is 5.87. The van der Waals surface area contributed by atoms with E-state index in [0.29, 0.717) is 0 Å². The highest BCUT2D eigenvalue weighted by Gasteiger charge is 2.28. The summed E-state index contributed by atoms with van der Waals surface area (Å²) in [6.45, 7) is 2.16. The lowest BCUT2D eigenvalue weighted by atomic mass is 10.1. The number of aromatic nitrogens is 1. The fraction of sp³-hybridized carbons (Fsp3) is 0.250. The number of fused-ring (bicyclic) bond motifs is 3. The van der Waals surface area contributed by atoms with Crippen LogP contribution in [0.25, 0.3) is 10.9 Å². The lowest BCUT2D eigenvalue weighted by Crippen LogP contribution is -2.02. The van der Waals surface area contributed by atoms with Gasteiger partial charge in [0.15, 0.2) is 11.5 Å². The van der Waals surface area contributed by atoms with Crippen molar-refractivity contribution >= 4 is 18.2 Å². The first-order valence-electron chi connectivity index (χ1n) is 5.87. The van der Waals surface area contributed by atoms with Crippen LogP contribution in [0.3, 0.4) is 0 Å². The summed E-state index contributed by atoms with van der Waals surface area (Å²) in [5, 5.41) is 1.14. The Morgan fingerprint density at radius 2 is 1.79 bits per heavy atom. The second-order valence-corrected chi connectivity index (χ2v) is 4.08. The normalized spacial score (nSPS) is 12.3. The second-order valence-electron chi connectivity index (χ2n) is 4.08. The van der Waals surface area contributed by atoms with Crippen molar-refractivity contribution in [2.24, 2.45) is 0 Å². The molecule has 2 nitrogen and oxygen atoms in total. The molecule has 0 N–H and O–H groups in total. The third-order valence-corrected chi connectivity index (χ3v) is 2.52. The number of hydrogen-bond acceptors (Lipinski definition) is 2. The van der Waals surface area contributed by atoms with Crippen molar-refractivity contribution in [1.29, 1.82) is 0 Å². The summed E-state index contributed by atoms with van der Waals surface area (Å²) in [6, 6.07) is 8.13. The Morgan fingerprint density at radius 3 is 2.42 bits per heavy atom. The van der Waals surface area contributed by atoms with Crippen LogP contribution in [0.5, 0.6) is 11.5 Å². The number of rotatable bonds is 2.